The van der Waals surface area contributed by atoms with E-state index >= 15 is 0 Å². The van der Waals surface area contributed by atoms with Gasteiger partial charge in [0.1, 0.15) is 12.4 Å². The summed E-state index contributed by atoms with van der Waals surface area (Å²) in [6.45, 7) is 0. The topological polar surface area (TPSA) is 43.4 Å². The molecule has 0 N–H and O–H groups in total. The first kappa shape index (κ1) is 15.5. The van der Waals surface area contributed by atoms with Gasteiger partial charge in [-0.1, -0.05) is 38.5 Å². The predicted molar refractivity (Wildman–Crippen MR) is 78.3 cm³/mol. The van der Waals surface area contributed by atoms with Crippen LogP contribution in [0.15, 0.2) is 0 Å². The average molecular weight is 280 g/mol. The molecule has 0 aromatic carbocycles. The summed E-state index contributed by atoms with van der Waals surface area (Å²) in [6.07, 6.45) is 13.9. The van der Waals surface area contributed by atoms with Crippen molar-refractivity contribution in [3.05, 3.63) is 0 Å². The maximum absolute atomic E-state index is 12.1. The number of carbonyl (C=O) groups excluding carboxylic acids is 2. The molecule has 0 aromatic heterocycles. The quantitative estimate of drug-likeness (QED) is 0.545. The molecule has 0 heterocycles. The monoisotopic (exact) mass is 280 g/mol. The highest BCUT2D eigenvalue weighted by molar-refractivity contribution is 5.70. The van der Waals surface area contributed by atoms with Crippen LogP contribution in [0.3, 0.4) is 0 Å². The van der Waals surface area contributed by atoms with E-state index in [1.165, 1.54) is 51.4 Å². The molecule has 0 bridgehead atoms. The lowest BCUT2D eigenvalue weighted by Gasteiger charge is -2.29. The standard InChI is InChI=1S/C17H28O3/c18-12-11-15(14-7-3-1-4-8-14)13-17(19)20-16-9-5-2-6-10-16/h12,14-16H,1-11,13H2. The summed E-state index contributed by atoms with van der Waals surface area (Å²) in [4.78, 5) is 23.0. The number of hydrogen-bond donors (Lipinski definition) is 0. The van der Waals surface area contributed by atoms with Crippen molar-refractivity contribution >= 4 is 12.3 Å². The predicted octanol–water partition coefficient (Wildman–Crippen LogP) is 4.04. The molecule has 0 spiro atoms. The van der Waals surface area contributed by atoms with Crippen molar-refractivity contribution in [2.24, 2.45) is 11.8 Å². The van der Waals surface area contributed by atoms with Crippen molar-refractivity contribution in [1.82, 2.24) is 0 Å². The van der Waals surface area contributed by atoms with Crippen LogP contribution in [0.5, 0.6) is 0 Å². The second-order valence-electron chi connectivity index (χ2n) is 6.51. The van der Waals surface area contributed by atoms with E-state index < -0.39 is 0 Å². The minimum atomic E-state index is -0.0747. The van der Waals surface area contributed by atoms with Gasteiger partial charge in [-0.15, -0.1) is 0 Å². The zero-order chi connectivity index (χ0) is 14.2. The van der Waals surface area contributed by atoms with Crippen molar-refractivity contribution < 1.29 is 14.3 Å². The van der Waals surface area contributed by atoms with Crippen molar-refractivity contribution in [3.63, 3.8) is 0 Å². The molecular weight excluding hydrogens is 252 g/mol. The molecule has 2 aliphatic rings. The second kappa shape index (κ2) is 8.43. The van der Waals surface area contributed by atoms with Crippen molar-refractivity contribution in [1.29, 1.82) is 0 Å². The van der Waals surface area contributed by atoms with Crippen LogP contribution >= 0.6 is 0 Å². The van der Waals surface area contributed by atoms with Crippen LogP contribution < -0.4 is 0 Å². The van der Waals surface area contributed by atoms with Crippen LogP contribution in [-0.4, -0.2) is 18.4 Å². The Hall–Kier alpha value is -0.860. The molecule has 114 valence electrons. The van der Waals surface area contributed by atoms with Crippen molar-refractivity contribution in [2.45, 2.75) is 83.2 Å². The summed E-state index contributed by atoms with van der Waals surface area (Å²) in [5, 5.41) is 0. The third-order valence-corrected chi connectivity index (χ3v) is 4.99. The summed E-state index contributed by atoms with van der Waals surface area (Å²) in [5.41, 5.74) is 0. The Morgan fingerprint density at radius 3 is 2.20 bits per heavy atom. The van der Waals surface area contributed by atoms with E-state index in [1.807, 2.05) is 0 Å². The number of carbonyl (C=O) groups is 2. The third-order valence-electron chi connectivity index (χ3n) is 4.99. The van der Waals surface area contributed by atoms with Crippen LogP contribution in [-0.2, 0) is 14.3 Å². The number of aldehydes is 1. The summed E-state index contributed by atoms with van der Waals surface area (Å²) >= 11 is 0. The normalized spacial score (nSPS) is 23.2. The molecule has 0 aromatic rings. The van der Waals surface area contributed by atoms with E-state index in [0.717, 1.165) is 19.1 Å². The highest BCUT2D eigenvalue weighted by Crippen LogP contribution is 2.33. The minimum absolute atomic E-state index is 0.0747. The van der Waals surface area contributed by atoms with Gasteiger partial charge in [-0.25, -0.2) is 0 Å². The van der Waals surface area contributed by atoms with Crippen LogP contribution in [0.1, 0.15) is 77.0 Å². The van der Waals surface area contributed by atoms with Gasteiger partial charge in [0.15, 0.2) is 0 Å². The van der Waals surface area contributed by atoms with Gasteiger partial charge in [0.25, 0.3) is 0 Å². The lowest BCUT2D eigenvalue weighted by Crippen LogP contribution is -2.26. The first-order valence-electron chi connectivity index (χ1n) is 8.42. The lowest BCUT2D eigenvalue weighted by molar-refractivity contribution is -0.152. The summed E-state index contributed by atoms with van der Waals surface area (Å²) < 4.78 is 5.60. The molecule has 0 amide bonds. The van der Waals surface area contributed by atoms with E-state index in [9.17, 15) is 9.59 Å². The van der Waals surface area contributed by atoms with Crippen LogP contribution in [0.4, 0.5) is 0 Å². The molecule has 2 aliphatic carbocycles. The smallest absolute Gasteiger partial charge is 0.306 e. The highest BCUT2D eigenvalue weighted by Gasteiger charge is 2.27. The van der Waals surface area contributed by atoms with Gasteiger partial charge in [-0.2, -0.15) is 0 Å². The number of hydrogen-bond acceptors (Lipinski definition) is 3. The molecule has 2 rings (SSSR count). The molecule has 1 atom stereocenters. The van der Waals surface area contributed by atoms with Crippen LogP contribution in [0.2, 0.25) is 0 Å². The fraction of sp³-hybridized carbons (Fsp3) is 0.882. The van der Waals surface area contributed by atoms with E-state index in [1.54, 1.807) is 0 Å². The number of esters is 1. The molecule has 0 aliphatic heterocycles. The Morgan fingerprint density at radius 1 is 1.00 bits per heavy atom. The second-order valence-corrected chi connectivity index (χ2v) is 6.51. The van der Waals surface area contributed by atoms with E-state index in [4.69, 9.17) is 4.74 Å². The Balaban J connectivity index is 1.79. The Kier molecular flexibility index (Phi) is 6.55. The Bertz CT molecular complexity index is 301. The van der Waals surface area contributed by atoms with Gasteiger partial charge in [0.05, 0.1) is 0 Å². The zero-order valence-electron chi connectivity index (χ0n) is 12.5. The van der Waals surface area contributed by atoms with Gasteiger partial charge < -0.3 is 9.53 Å². The molecule has 0 radical (unpaired) electrons. The molecule has 2 saturated carbocycles. The van der Waals surface area contributed by atoms with Gasteiger partial charge in [-0.3, -0.25) is 4.79 Å². The molecular formula is C17H28O3. The molecule has 3 heteroatoms. The average Bonchev–Trinajstić information content (AvgIpc) is 2.49. The summed E-state index contributed by atoms with van der Waals surface area (Å²) in [5.74, 6) is 0.686. The van der Waals surface area contributed by atoms with Gasteiger partial charge >= 0.3 is 5.97 Å². The fourth-order valence-electron chi connectivity index (χ4n) is 3.80. The molecule has 1 unspecified atom stereocenters. The van der Waals surface area contributed by atoms with Crippen molar-refractivity contribution in [3.8, 4) is 0 Å². The third kappa shape index (κ3) is 4.92. The van der Waals surface area contributed by atoms with E-state index in [0.29, 0.717) is 18.8 Å². The lowest BCUT2D eigenvalue weighted by atomic mass is 9.77. The van der Waals surface area contributed by atoms with E-state index in [-0.39, 0.29) is 18.0 Å². The molecule has 0 saturated heterocycles. The number of ether oxygens (including phenoxy) is 1. The fourth-order valence-corrected chi connectivity index (χ4v) is 3.80. The van der Waals surface area contributed by atoms with Crippen LogP contribution in [0.25, 0.3) is 0 Å². The maximum Gasteiger partial charge on any atom is 0.306 e. The SMILES string of the molecule is O=CCC(CC(=O)OC1CCCCC1)C1CCCCC1. The van der Waals surface area contributed by atoms with Gasteiger partial charge in [0, 0.05) is 12.8 Å². The minimum Gasteiger partial charge on any atom is -0.462 e. The highest BCUT2D eigenvalue weighted by atomic mass is 16.5. The van der Waals surface area contributed by atoms with Gasteiger partial charge in [-0.05, 0) is 37.5 Å². The molecule has 2 fully saturated rings. The number of rotatable bonds is 6. The molecule has 20 heavy (non-hydrogen) atoms. The Morgan fingerprint density at radius 2 is 1.60 bits per heavy atom. The zero-order valence-corrected chi connectivity index (χ0v) is 12.5. The van der Waals surface area contributed by atoms with Crippen LogP contribution in [0, 0.1) is 11.8 Å². The largest absolute Gasteiger partial charge is 0.462 e. The van der Waals surface area contributed by atoms with Crippen molar-refractivity contribution in [2.75, 3.05) is 0 Å². The maximum atomic E-state index is 12.1. The van der Waals surface area contributed by atoms with Gasteiger partial charge in [0.2, 0.25) is 0 Å². The first-order chi connectivity index (χ1) is 9.79. The Labute approximate surface area is 122 Å². The summed E-state index contributed by atoms with van der Waals surface area (Å²) in [7, 11) is 0. The summed E-state index contributed by atoms with van der Waals surface area (Å²) in [6, 6.07) is 0. The van der Waals surface area contributed by atoms with E-state index in [2.05, 4.69) is 0 Å². The molecule has 3 nitrogen and oxygen atoms in total. The first-order valence-corrected chi connectivity index (χ1v) is 8.42.